The predicted molar refractivity (Wildman–Crippen MR) is 46.4 cm³/mol. The standard InChI is InChI=1S/C7H14O4S/c1-2-3-4-5-6-7(8)12(9,10)11/h6,8H,2-5H2,1H3,(H,9,10,11). The predicted octanol–water partition coefficient (Wildman–Crippen LogP) is 1.85. The molecule has 12 heavy (non-hydrogen) atoms. The first kappa shape index (κ1) is 11.4. The van der Waals surface area contributed by atoms with Crippen LogP contribution in [0.4, 0.5) is 0 Å². The lowest BCUT2D eigenvalue weighted by Gasteiger charge is -1.94. The molecule has 0 aromatic rings. The monoisotopic (exact) mass is 194 g/mol. The van der Waals surface area contributed by atoms with Crippen molar-refractivity contribution in [2.24, 2.45) is 0 Å². The van der Waals surface area contributed by atoms with E-state index in [0.717, 1.165) is 25.3 Å². The van der Waals surface area contributed by atoms with Crippen molar-refractivity contribution in [3.05, 3.63) is 11.2 Å². The quantitative estimate of drug-likeness (QED) is 0.398. The lowest BCUT2D eigenvalue weighted by atomic mass is 10.2. The Balaban J connectivity index is 3.87. The first-order valence-corrected chi connectivity index (χ1v) is 5.29. The molecule has 0 fully saturated rings. The number of hydrogen-bond acceptors (Lipinski definition) is 3. The zero-order valence-electron chi connectivity index (χ0n) is 7.02. The summed E-state index contributed by atoms with van der Waals surface area (Å²) in [6, 6.07) is 0. The largest absolute Gasteiger partial charge is 0.497 e. The van der Waals surface area contributed by atoms with Crippen LogP contribution >= 0.6 is 0 Å². The molecule has 5 heteroatoms. The van der Waals surface area contributed by atoms with Crippen molar-refractivity contribution in [2.45, 2.75) is 32.6 Å². The fourth-order valence-electron chi connectivity index (χ4n) is 0.725. The van der Waals surface area contributed by atoms with Gasteiger partial charge in [-0.3, -0.25) is 4.55 Å². The number of rotatable bonds is 5. The molecule has 0 bridgehead atoms. The molecule has 0 unspecified atom stereocenters. The van der Waals surface area contributed by atoms with Gasteiger partial charge in [0, 0.05) is 0 Å². The molecule has 0 saturated heterocycles. The molecule has 0 radical (unpaired) electrons. The number of aliphatic hydroxyl groups is 1. The van der Waals surface area contributed by atoms with Crippen molar-refractivity contribution in [3.8, 4) is 0 Å². The van der Waals surface area contributed by atoms with E-state index in [1.165, 1.54) is 0 Å². The first-order valence-electron chi connectivity index (χ1n) is 3.85. The van der Waals surface area contributed by atoms with E-state index in [4.69, 9.17) is 9.66 Å². The van der Waals surface area contributed by atoms with Gasteiger partial charge in [-0.1, -0.05) is 19.8 Å². The van der Waals surface area contributed by atoms with Crippen molar-refractivity contribution in [2.75, 3.05) is 0 Å². The highest BCUT2D eigenvalue weighted by Gasteiger charge is 2.09. The maximum atomic E-state index is 10.2. The molecule has 0 spiro atoms. The summed E-state index contributed by atoms with van der Waals surface area (Å²) in [5.74, 6) is 0. The van der Waals surface area contributed by atoms with E-state index in [1.54, 1.807) is 0 Å². The normalized spacial score (nSPS) is 13.3. The van der Waals surface area contributed by atoms with E-state index in [0.29, 0.717) is 6.42 Å². The number of unbranched alkanes of at least 4 members (excludes halogenated alkanes) is 3. The maximum absolute atomic E-state index is 10.2. The van der Waals surface area contributed by atoms with E-state index in [2.05, 4.69) is 0 Å². The summed E-state index contributed by atoms with van der Waals surface area (Å²) >= 11 is 0. The number of allylic oxidation sites excluding steroid dienone is 1. The van der Waals surface area contributed by atoms with Gasteiger partial charge >= 0.3 is 10.1 Å². The molecule has 0 aliphatic rings. The van der Waals surface area contributed by atoms with Gasteiger partial charge in [0.05, 0.1) is 0 Å². The first-order chi connectivity index (χ1) is 5.48. The Morgan fingerprint density at radius 3 is 2.42 bits per heavy atom. The highest BCUT2D eigenvalue weighted by Crippen LogP contribution is 2.05. The third kappa shape index (κ3) is 5.15. The molecule has 0 amide bonds. The molecular weight excluding hydrogens is 180 g/mol. The Morgan fingerprint density at radius 2 is 2.00 bits per heavy atom. The van der Waals surface area contributed by atoms with Crippen LogP contribution in [0, 0.1) is 0 Å². The van der Waals surface area contributed by atoms with Gasteiger partial charge in [0.25, 0.3) is 0 Å². The summed E-state index contributed by atoms with van der Waals surface area (Å²) in [6.07, 6.45) is 4.41. The van der Waals surface area contributed by atoms with Crippen molar-refractivity contribution < 1.29 is 18.1 Å². The maximum Gasteiger partial charge on any atom is 0.327 e. The molecule has 4 nitrogen and oxygen atoms in total. The van der Waals surface area contributed by atoms with E-state index in [1.807, 2.05) is 6.92 Å². The third-order valence-corrected chi connectivity index (χ3v) is 2.09. The number of hydrogen-bond donors (Lipinski definition) is 2. The molecule has 0 atom stereocenters. The van der Waals surface area contributed by atoms with Crippen LogP contribution in [-0.4, -0.2) is 18.1 Å². The van der Waals surface area contributed by atoms with Gasteiger partial charge in [-0.25, -0.2) is 0 Å². The molecule has 0 saturated carbocycles. The van der Waals surface area contributed by atoms with Gasteiger partial charge < -0.3 is 5.11 Å². The summed E-state index contributed by atoms with van der Waals surface area (Å²) in [5, 5.41) is 7.76. The second kappa shape index (κ2) is 5.16. The van der Waals surface area contributed by atoms with Gasteiger partial charge in [0.1, 0.15) is 0 Å². The van der Waals surface area contributed by atoms with Crippen LogP contribution in [0.5, 0.6) is 0 Å². The van der Waals surface area contributed by atoms with Gasteiger partial charge in [-0.15, -0.1) is 0 Å². The zero-order valence-corrected chi connectivity index (χ0v) is 7.84. The Hall–Kier alpha value is -0.550. The molecule has 0 aliphatic heterocycles. The Bertz CT molecular complexity index is 240. The topological polar surface area (TPSA) is 74.6 Å². The molecular formula is C7H14O4S. The second-order valence-corrected chi connectivity index (χ2v) is 3.88. The van der Waals surface area contributed by atoms with Gasteiger partial charge in [0.2, 0.25) is 5.09 Å². The van der Waals surface area contributed by atoms with Crippen LogP contribution in [0.3, 0.4) is 0 Å². The minimum absolute atomic E-state index is 0.472. The molecule has 0 heterocycles. The summed E-state index contributed by atoms with van der Waals surface area (Å²) in [6.45, 7) is 2.02. The van der Waals surface area contributed by atoms with Crippen LogP contribution < -0.4 is 0 Å². The minimum Gasteiger partial charge on any atom is -0.497 e. The lowest BCUT2D eigenvalue weighted by molar-refractivity contribution is 0.403. The SMILES string of the molecule is CCCCCC=C(O)S(=O)(=O)O. The molecule has 2 N–H and O–H groups in total. The fraction of sp³-hybridized carbons (Fsp3) is 0.714. The minimum atomic E-state index is -4.37. The highest BCUT2D eigenvalue weighted by molar-refractivity contribution is 7.89. The third-order valence-electron chi connectivity index (χ3n) is 1.39. The van der Waals surface area contributed by atoms with Crippen LogP contribution in [0.1, 0.15) is 32.6 Å². The molecule has 0 aromatic heterocycles. The van der Waals surface area contributed by atoms with Crippen LogP contribution in [0.15, 0.2) is 11.2 Å². The Morgan fingerprint density at radius 1 is 1.42 bits per heavy atom. The Kier molecular flexibility index (Phi) is 4.92. The smallest absolute Gasteiger partial charge is 0.327 e. The van der Waals surface area contributed by atoms with Gasteiger partial charge in [0.15, 0.2) is 0 Å². The van der Waals surface area contributed by atoms with Crippen molar-refractivity contribution in [3.63, 3.8) is 0 Å². The second-order valence-electron chi connectivity index (χ2n) is 2.51. The van der Waals surface area contributed by atoms with Crippen LogP contribution in [0.2, 0.25) is 0 Å². The van der Waals surface area contributed by atoms with E-state index >= 15 is 0 Å². The highest BCUT2D eigenvalue weighted by atomic mass is 32.2. The average molecular weight is 194 g/mol. The summed E-state index contributed by atoms with van der Waals surface area (Å²) in [4.78, 5) is 0. The summed E-state index contributed by atoms with van der Waals surface area (Å²) in [5.41, 5.74) is 0. The molecule has 72 valence electrons. The van der Waals surface area contributed by atoms with Gasteiger partial charge in [-0.05, 0) is 18.9 Å². The van der Waals surface area contributed by atoms with Crippen molar-refractivity contribution >= 4 is 10.1 Å². The number of aliphatic hydroxyl groups excluding tert-OH is 1. The van der Waals surface area contributed by atoms with Crippen LogP contribution in [-0.2, 0) is 10.1 Å². The van der Waals surface area contributed by atoms with Crippen molar-refractivity contribution in [1.29, 1.82) is 0 Å². The van der Waals surface area contributed by atoms with E-state index < -0.39 is 15.2 Å². The summed E-state index contributed by atoms with van der Waals surface area (Å²) < 4.78 is 28.8. The van der Waals surface area contributed by atoms with E-state index in [9.17, 15) is 8.42 Å². The van der Waals surface area contributed by atoms with E-state index in [-0.39, 0.29) is 0 Å². The fourth-order valence-corrected chi connectivity index (χ4v) is 1.05. The molecule has 0 aliphatic carbocycles. The van der Waals surface area contributed by atoms with Crippen LogP contribution in [0.25, 0.3) is 0 Å². The molecule has 0 rings (SSSR count). The Labute approximate surface area is 72.7 Å². The molecule has 0 aromatic carbocycles. The van der Waals surface area contributed by atoms with Gasteiger partial charge in [-0.2, -0.15) is 8.42 Å². The van der Waals surface area contributed by atoms with Crippen molar-refractivity contribution in [1.82, 2.24) is 0 Å². The average Bonchev–Trinajstić information content (AvgIpc) is 1.96. The lowest BCUT2D eigenvalue weighted by Crippen LogP contribution is -2.00. The zero-order chi connectivity index (χ0) is 9.61. The summed E-state index contributed by atoms with van der Waals surface area (Å²) in [7, 11) is -4.37.